The lowest BCUT2D eigenvalue weighted by Crippen LogP contribution is -2.07. The summed E-state index contributed by atoms with van der Waals surface area (Å²) in [7, 11) is 1.68. The lowest BCUT2D eigenvalue weighted by molar-refractivity contribution is 0.419. The summed E-state index contributed by atoms with van der Waals surface area (Å²) in [6.07, 6.45) is 5.82. The number of benzene rings is 1. The van der Waals surface area contributed by atoms with E-state index in [1.54, 1.807) is 7.11 Å². The molecule has 0 fully saturated rings. The van der Waals surface area contributed by atoms with Crippen molar-refractivity contribution < 1.29 is 4.74 Å². The quantitative estimate of drug-likeness (QED) is 0.842. The van der Waals surface area contributed by atoms with Gasteiger partial charge in [0.15, 0.2) is 0 Å². The van der Waals surface area contributed by atoms with Gasteiger partial charge in [-0.3, -0.25) is 0 Å². The van der Waals surface area contributed by atoms with Crippen molar-refractivity contribution in [2.45, 2.75) is 39.0 Å². The standard InChI is InChI=1S/C17H21ClN2O/c1-3-19-16-11-7-5-4-6-8-13(11)20-17-14(21-2)10-9-12(18)15(16)17/h9-10H,3-8H2,1-2H3,(H,19,20). The van der Waals surface area contributed by atoms with Crippen molar-refractivity contribution in [2.24, 2.45) is 0 Å². The zero-order valence-corrected chi connectivity index (χ0v) is 13.4. The van der Waals surface area contributed by atoms with E-state index >= 15 is 0 Å². The van der Waals surface area contributed by atoms with Crippen LogP contribution < -0.4 is 10.1 Å². The molecule has 1 heterocycles. The number of ether oxygens (including phenoxy) is 1. The Kier molecular flexibility index (Phi) is 4.20. The molecule has 1 aliphatic rings. The second-order valence-electron chi connectivity index (χ2n) is 5.48. The highest BCUT2D eigenvalue weighted by molar-refractivity contribution is 6.36. The van der Waals surface area contributed by atoms with Crippen molar-refractivity contribution in [1.29, 1.82) is 0 Å². The molecule has 4 heteroatoms. The summed E-state index contributed by atoms with van der Waals surface area (Å²) in [5.74, 6) is 0.792. The van der Waals surface area contributed by atoms with Gasteiger partial charge in [0, 0.05) is 17.6 Å². The van der Waals surface area contributed by atoms with Crippen LogP contribution in [0.25, 0.3) is 10.9 Å². The van der Waals surface area contributed by atoms with Gasteiger partial charge in [-0.05, 0) is 50.3 Å². The van der Waals surface area contributed by atoms with E-state index < -0.39 is 0 Å². The number of aryl methyl sites for hydroxylation is 1. The number of fused-ring (bicyclic) bond motifs is 2. The van der Waals surface area contributed by atoms with Gasteiger partial charge in [0.25, 0.3) is 0 Å². The first-order valence-corrected chi connectivity index (χ1v) is 8.05. The summed E-state index contributed by atoms with van der Waals surface area (Å²) in [5.41, 5.74) is 4.58. The predicted octanol–water partition coefficient (Wildman–Crippen LogP) is 4.60. The fraction of sp³-hybridized carbons (Fsp3) is 0.471. The van der Waals surface area contributed by atoms with Crippen molar-refractivity contribution in [3.8, 4) is 5.75 Å². The fourth-order valence-corrected chi connectivity index (χ4v) is 3.42. The molecule has 0 radical (unpaired) electrons. The normalized spacial score (nSPS) is 14.6. The molecule has 0 spiro atoms. The van der Waals surface area contributed by atoms with Crippen LogP contribution in [0, 0.1) is 0 Å². The first kappa shape index (κ1) is 14.5. The Labute approximate surface area is 130 Å². The predicted molar refractivity (Wildman–Crippen MR) is 88.7 cm³/mol. The van der Waals surface area contributed by atoms with E-state index in [1.807, 2.05) is 12.1 Å². The molecule has 0 saturated heterocycles. The molecule has 0 amide bonds. The molecule has 3 rings (SSSR count). The molecule has 0 atom stereocenters. The molecule has 0 saturated carbocycles. The van der Waals surface area contributed by atoms with Gasteiger partial charge in [-0.25, -0.2) is 4.98 Å². The molecule has 0 bridgehead atoms. The topological polar surface area (TPSA) is 34.2 Å². The van der Waals surface area contributed by atoms with Crippen molar-refractivity contribution in [2.75, 3.05) is 19.0 Å². The van der Waals surface area contributed by atoms with E-state index in [0.717, 1.165) is 46.7 Å². The zero-order chi connectivity index (χ0) is 14.8. The number of aromatic nitrogens is 1. The average Bonchev–Trinajstić information content (AvgIpc) is 2.73. The Hall–Kier alpha value is -1.48. The average molecular weight is 305 g/mol. The van der Waals surface area contributed by atoms with E-state index in [-0.39, 0.29) is 0 Å². The maximum Gasteiger partial charge on any atom is 0.145 e. The lowest BCUT2D eigenvalue weighted by Gasteiger charge is -2.18. The summed E-state index contributed by atoms with van der Waals surface area (Å²) >= 11 is 6.47. The van der Waals surface area contributed by atoms with Gasteiger partial charge < -0.3 is 10.1 Å². The van der Waals surface area contributed by atoms with Crippen molar-refractivity contribution in [3.63, 3.8) is 0 Å². The van der Waals surface area contributed by atoms with Gasteiger partial charge in [-0.1, -0.05) is 18.0 Å². The van der Waals surface area contributed by atoms with E-state index in [2.05, 4.69) is 12.2 Å². The van der Waals surface area contributed by atoms with Crippen LogP contribution >= 0.6 is 11.6 Å². The van der Waals surface area contributed by atoms with Gasteiger partial charge in [-0.15, -0.1) is 0 Å². The molecule has 1 aromatic carbocycles. The highest BCUT2D eigenvalue weighted by Crippen LogP contribution is 2.40. The zero-order valence-electron chi connectivity index (χ0n) is 12.6. The van der Waals surface area contributed by atoms with Crippen LogP contribution in [-0.4, -0.2) is 18.6 Å². The summed E-state index contributed by atoms with van der Waals surface area (Å²) in [6.45, 7) is 2.99. The number of hydrogen-bond acceptors (Lipinski definition) is 3. The van der Waals surface area contributed by atoms with Crippen LogP contribution in [0.3, 0.4) is 0 Å². The van der Waals surface area contributed by atoms with Gasteiger partial charge in [0.05, 0.1) is 17.8 Å². The Balaban J connectivity index is 2.36. The summed E-state index contributed by atoms with van der Waals surface area (Å²) in [4.78, 5) is 4.90. The molecule has 3 nitrogen and oxygen atoms in total. The summed E-state index contributed by atoms with van der Waals surface area (Å²) in [5, 5.41) is 5.25. The van der Waals surface area contributed by atoms with Gasteiger partial charge in [0.2, 0.25) is 0 Å². The number of anilines is 1. The maximum absolute atomic E-state index is 6.47. The Morgan fingerprint density at radius 1 is 1.24 bits per heavy atom. The van der Waals surface area contributed by atoms with E-state index in [4.69, 9.17) is 21.3 Å². The third-order valence-corrected chi connectivity index (χ3v) is 4.47. The molecular formula is C17H21ClN2O. The number of nitrogens with zero attached hydrogens (tertiary/aromatic N) is 1. The molecule has 1 aromatic heterocycles. The highest BCUT2D eigenvalue weighted by Gasteiger charge is 2.20. The fourth-order valence-electron chi connectivity index (χ4n) is 3.18. The van der Waals surface area contributed by atoms with Crippen LogP contribution in [-0.2, 0) is 12.8 Å². The Morgan fingerprint density at radius 3 is 2.81 bits per heavy atom. The number of rotatable bonds is 3. The van der Waals surface area contributed by atoms with Crippen molar-refractivity contribution >= 4 is 28.2 Å². The molecule has 1 aliphatic carbocycles. The van der Waals surface area contributed by atoms with Gasteiger partial charge in [0.1, 0.15) is 11.3 Å². The number of nitrogens with one attached hydrogen (secondary N) is 1. The third-order valence-electron chi connectivity index (χ3n) is 4.15. The minimum Gasteiger partial charge on any atom is -0.494 e. The first-order valence-electron chi connectivity index (χ1n) is 7.68. The molecule has 1 N–H and O–H groups in total. The van der Waals surface area contributed by atoms with Crippen molar-refractivity contribution in [3.05, 3.63) is 28.4 Å². The van der Waals surface area contributed by atoms with Gasteiger partial charge >= 0.3 is 0 Å². The van der Waals surface area contributed by atoms with E-state index in [0.29, 0.717) is 0 Å². The molecular weight excluding hydrogens is 284 g/mol. The van der Waals surface area contributed by atoms with Crippen LogP contribution in [0.4, 0.5) is 5.69 Å². The largest absolute Gasteiger partial charge is 0.494 e. The number of halogens is 1. The van der Waals surface area contributed by atoms with Crippen molar-refractivity contribution in [1.82, 2.24) is 4.98 Å². The number of hydrogen-bond donors (Lipinski definition) is 1. The minimum absolute atomic E-state index is 0.737. The van der Waals surface area contributed by atoms with Crippen LogP contribution in [0.15, 0.2) is 12.1 Å². The summed E-state index contributed by atoms with van der Waals surface area (Å²) < 4.78 is 5.49. The monoisotopic (exact) mass is 304 g/mol. The van der Waals surface area contributed by atoms with Crippen LogP contribution in [0.5, 0.6) is 5.75 Å². The van der Waals surface area contributed by atoms with E-state index in [1.165, 1.54) is 30.5 Å². The molecule has 0 aliphatic heterocycles. The Morgan fingerprint density at radius 2 is 2.05 bits per heavy atom. The van der Waals surface area contributed by atoms with Crippen LogP contribution in [0.2, 0.25) is 5.02 Å². The minimum atomic E-state index is 0.737. The van der Waals surface area contributed by atoms with Crippen LogP contribution in [0.1, 0.15) is 37.4 Å². The Bertz CT molecular complexity index is 670. The third kappa shape index (κ3) is 2.55. The van der Waals surface area contributed by atoms with Gasteiger partial charge in [-0.2, -0.15) is 0 Å². The number of pyridine rings is 1. The molecule has 2 aromatic rings. The smallest absolute Gasteiger partial charge is 0.145 e. The molecule has 112 valence electrons. The lowest BCUT2D eigenvalue weighted by atomic mass is 10.0. The highest BCUT2D eigenvalue weighted by atomic mass is 35.5. The van der Waals surface area contributed by atoms with E-state index in [9.17, 15) is 0 Å². The number of methoxy groups -OCH3 is 1. The SMILES string of the molecule is CCNc1c2c(nc3c(OC)ccc(Cl)c13)CCCCC2. The first-order chi connectivity index (χ1) is 10.3. The molecule has 0 unspecified atom stereocenters. The maximum atomic E-state index is 6.47. The second kappa shape index (κ2) is 6.10. The molecule has 21 heavy (non-hydrogen) atoms. The summed E-state index contributed by atoms with van der Waals surface area (Å²) in [6, 6.07) is 3.80. The second-order valence-corrected chi connectivity index (χ2v) is 5.88.